The van der Waals surface area contributed by atoms with E-state index in [2.05, 4.69) is 5.32 Å². The fourth-order valence-electron chi connectivity index (χ4n) is 3.41. The minimum absolute atomic E-state index is 0.131. The summed E-state index contributed by atoms with van der Waals surface area (Å²) in [4.78, 5) is 28.7. The summed E-state index contributed by atoms with van der Waals surface area (Å²) in [5.41, 5.74) is 2.94. The standard InChI is InChI=1S/C25H21ClN2O3S/c1-28-20-14-17(24(29)27-15-18-7-3-4-9-21(18)31-2)10-11-22(20)32-23(25(28)30)13-16-6-5-8-19(26)12-16/h3-14H,15H2,1-2H3,(H,27,29). The summed E-state index contributed by atoms with van der Waals surface area (Å²) in [6, 6.07) is 20.3. The predicted molar refractivity (Wildman–Crippen MR) is 129 cm³/mol. The normalized spacial score (nSPS) is 14.3. The number of amides is 2. The van der Waals surface area contributed by atoms with Crippen LogP contribution in [-0.2, 0) is 11.3 Å². The maximum atomic E-state index is 12.9. The fourth-order valence-corrected chi connectivity index (χ4v) is 4.70. The number of nitrogens with zero attached hydrogens (tertiary/aromatic N) is 1. The number of nitrogens with one attached hydrogen (secondary N) is 1. The minimum Gasteiger partial charge on any atom is -0.496 e. The molecular formula is C25H21ClN2O3S. The molecule has 5 nitrogen and oxygen atoms in total. The van der Waals surface area contributed by atoms with Gasteiger partial charge in [0.2, 0.25) is 0 Å². The van der Waals surface area contributed by atoms with E-state index >= 15 is 0 Å². The van der Waals surface area contributed by atoms with Gasteiger partial charge in [0.1, 0.15) is 5.75 Å². The lowest BCUT2D eigenvalue weighted by Crippen LogP contribution is -2.31. The number of ether oxygens (including phenoxy) is 1. The van der Waals surface area contributed by atoms with Gasteiger partial charge in [0.05, 0.1) is 17.7 Å². The van der Waals surface area contributed by atoms with Crippen LogP contribution in [0.1, 0.15) is 21.5 Å². The van der Waals surface area contributed by atoms with Gasteiger partial charge in [0.15, 0.2) is 0 Å². The molecule has 1 heterocycles. The van der Waals surface area contributed by atoms with Crippen LogP contribution in [0.3, 0.4) is 0 Å². The van der Waals surface area contributed by atoms with Crippen LogP contribution in [0.15, 0.2) is 76.5 Å². The van der Waals surface area contributed by atoms with E-state index in [4.69, 9.17) is 16.3 Å². The molecule has 3 aromatic rings. The van der Waals surface area contributed by atoms with Gasteiger partial charge in [-0.05, 0) is 48.0 Å². The first-order valence-electron chi connectivity index (χ1n) is 9.93. The quantitative estimate of drug-likeness (QED) is 0.514. The number of thioether (sulfide) groups is 1. The number of methoxy groups -OCH3 is 1. The molecule has 1 aliphatic heterocycles. The average Bonchev–Trinajstić information content (AvgIpc) is 2.81. The van der Waals surface area contributed by atoms with Gasteiger partial charge in [0, 0.05) is 34.6 Å². The van der Waals surface area contributed by atoms with Crippen LogP contribution < -0.4 is 15.0 Å². The highest BCUT2D eigenvalue weighted by atomic mass is 35.5. The number of rotatable bonds is 5. The van der Waals surface area contributed by atoms with Crippen molar-refractivity contribution in [3.05, 3.63) is 93.3 Å². The van der Waals surface area contributed by atoms with Crippen LogP contribution in [-0.4, -0.2) is 26.0 Å². The molecular weight excluding hydrogens is 444 g/mol. The third kappa shape index (κ3) is 4.66. The summed E-state index contributed by atoms with van der Waals surface area (Å²) in [7, 11) is 3.31. The van der Waals surface area contributed by atoms with Gasteiger partial charge in [-0.3, -0.25) is 9.59 Å². The van der Waals surface area contributed by atoms with E-state index < -0.39 is 0 Å². The van der Waals surface area contributed by atoms with E-state index in [1.165, 1.54) is 11.8 Å². The van der Waals surface area contributed by atoms with E-state index in [-0.39, 0.29) is 11.8 Å². The first-order valence-corrected chi connectivity index (χ1v) is 11.1. The zero-order chi connectivity index (χ0) is 22.7. The highest BCUT2D eigenvalue weighted by Crippen LogP contribution is 2.42. The summed E-state index contributed by atoms with van der Waals surface area (Å²) >= 11 is 7.44. The van der Waals surface area contributed by atoms with E-state index in [1.807, 2.05) is 54.6 Å². The highest BCUT2D eigenvalue weighted by Gasteiger charge is 2.27. The Labute approximate surface area is 196 Å². The Bertz CT molecular complexity index is 1230. The fraction of sp³-hybridized carbons (Fsp3) is 0.120. The minimum atomic E-state index is -0.218. The van der Waals surface area contributed by atoms with Crippen molar-refractivity contribution in [1.82, 2.24) is 5.32 Å². The Morgan fingerprint density at radius 1 is 1.12 bits per heavy atom. The third-order valence-electron chi connectivity index (χ3n) is 5.10. The monoisotopic (exact) mass is 464 g/mol. The maximum Gasteiger partial charge on any atom is 0.264 e. The van der Waals surface area contributed by atoms with E-state index in [1.54, 1.807) is 37.3 Å². The summed E-state index contributed by atoms with van der Waals surface area (Å²) in [5, 5.41) is 3.53. The molecule has 0 saturated carbocycles. The van der Waals surface area contributed by atoms with Crippen molar-refractivity contribution >= 4 is 46.9 Å². The van der Waals surface area contributed by atoms with Crippen molar-refractivity contribution in [3.63, 3.8) is 0 Å². The second kappa shape index (κ2) is 9.51. The molecule has 0 aliphatic carbocycles. The molecule has 0 radical (unpaired) electrons. The molecule has 0 saturated heterocycles. The van der Waals surface area contributed by atoms with Gasteiger partial charge in [0.25, 0.3) is 11.8 Å². The lowest BCUT2D eigenvalue weighted by molar-refractivity contribution is -0.114. The van der Waals surface area contributed by atoms with Gasteiger partial charge in [-0.15, -0.1) is 0 Å². The van der Waals surface area contributed by atoms with Crippen molar-refractivity contribution < 1.29 is 14.3 Å². The Hall–Kier alpha value is -3.22. The summed E-state index contributed by atoms with van der Waals surface area (Å²) in [6.45, 7) is 0.343. The largest absolute Gasteiger partial charge is 0.496 e. The lowest BCUT2D eigenvalue weighted by Gasteiger charge is -2.27. The second-order valence-corrected chi connectivity index (χ2v) is 8.73. The van der Waals surface area contributed by atoms with Gasteiger partial charge in [-0.1, -0.05) is 53.7 Å². The van der Waals surface area contributed by atoms with E-state index in [9.17, 15) is 9.59 Å². The molecule has 0 bridgehead atoms. The van der Waals surface area contributed by atoms with Gasteiger partial charge in [-0.2, -0.15) is 0 Å². The molecule has 3 aromatic carbocycles. The molecule has 7 heteroatoms. The van der Waals surface area contributed by atoms with Crippen LogP contribution in [0.4, 0.5) is 5.69 Å². The number of anilines is 1. The Morgan fingerprint density at radius 3 is 2.72 bits per heavy atom. The smallest absolute Gasteiger partial charge is 0.264 e. The van der Waals surface area contributed by atoms with Crippen molar-refractivity contribution in [2.24, 2.45) is 0 Å². The summed E-state index contributed by atoms with van der Waals surface area (Å²) < 4.78 is 5.33. The Morgan fingerprint density at radius 2 is 1.94 bits per heavy atom. The second-order valence-electron chi connectivity index (χ2n) is 7.21. The van der Waals surface area contributed by atoms with Crippen LogP contribution in [0.2, 0.25) is 5.02 Å². The van der Waals surface area contributed by atoms with Crippen molar-refractivity contribution in [2.75, 3.05) is 19.1 Å². The highest BCUT2D eigenvalue weighted by molar-refractivity contribution is 8.04. The van der Waals surface area contributed by atoms with Crippen molar-refractivity contribution in [1.29, 1.82) is 0 Å². The maximum absolute atomic E-state index is 12.9. The molecule has 2 amide bonds. The first kappa shape index (κ1) is 22.0. The molecule has 1 N–H and O–H groups in total. The van der Waals surface area contributed by atoms with E-state index in [0.29, 0.717) is 27.7 Å². The lowest BCUT2D eigenvalue weighted by atomic mass is 10.1. The van der Waals surface area contributed by atoms with Gasteiger partial charge in [-0.25, -0.2) is 0 Å². The van der Waals surface area contributed by atoms with Crippen LogP contribution in [0.25, 0.3) is 6.08 Å². The zero-order valence-electron chi connectivity index (χ0n) is 17.6. The van der Waals surface area contributed by atoms with E-state index in [0.717, 1.165) is 21.8 Å². The molecule has 0 spiro atoms. The van der Waals surface area contributed by atoms with Crippen molar-refractivity contribution in [2.45, 2.75) is 11.4 Å². The van der Waals surface area contributed by atoms with Crippen molar-refractivity contribution in [3.8, 4) is 5.75 Å². The number of fused-ring (bicyclic) bond motifs is 1. The van der Waals surface area contributed by atoms with Crippen LogP contribution >= 0.6 is 23.4 Å². The topological polar surface area (TPSA) is 58.6 Å². The molecule has 0 unspecified atom stereocenters. The Balaban J connectivity index is 1.53. The number of benzene rings is 3. The molecule has 0 fully saturated rings. The number of carbonyl (C=O) groups is 2. The molecule has 32 heavy (non-hydrogen) atoms. The third-order valence-corrected chi connectivity index (χ3v) is 6.41. The predicted octanol–water partition coefficient (Wildman–Crippen LogP) is 5.39. The molecule has 0 aromatic heterocycles. The number of carbonyl (C=O) groups excluding carboxylic acids is 2. The zero-order valence-corrected chi connectivity index (χ0v) is 19.2. The number of likely N-dealkylation sites (N-methyl/N-ethyl adjacent to an activating group) is 1. The van der Waals surface area contributed by atoms with Gasteiger partial charge < -0.3 is 15.0 Å². The average molecular weight is 465 g/mol. The molecule has 1 aliphatic rings. The molecule has 162 valence electrons. The number of hydrogen-bond acceptors (Lipinski definition) is 4. The number of para-hydroxylation sites is 1. The molecule has 0 atom stereocenters. The summed E-state index contributed by atoms with van der Waals surface area (Å²) in [5.74, 6) is 0.373. The van der Waals surface area contributed by atoms with Crippen LogP contribution in [0, 0.1) is 0 Å². The van der Waals surface area contributed by atoms with Crippen LogP contribution in [0.5, 0.6) is 5.75 Å². The molecule has 4 rings (SSSR count). The Kier molecular flexibility index (Phi) is 6.53. The first-order chi connectivity index (χ1) is 15.5. The number of halogens is 1. The summed E-state index contributed by atoms with van der Waals surface area (Å²) in [6.07, 6.45) is 1.83. The SMILES string of the molecule is COc1ccccc1CNC(=O)c1ccc2c(c1)N(C)C(=O)C(=Cc1cccc(Cl)c1)S2. The number of hydrogen-bond donors (Lipinski definition) is 1. The van der Waals surface area contributed by atoms with Gasteiger partial charge >= 0.3 is 0 Å².